The fourth-order valence-electron chi connectivity index (χ4n) is 2.56. The van der Waals surface area contributed by atoms with Gasteiger partial charge in [-0.05, 0) is 30.0 Å². The van der Waals surface area contributed by atoms with Crippen molar-refractivity contribution in [2.75, 3.05) is 30.3 Å². The minimum absolute atomic E-state index is 0.239. The van der Waals surface area contributed by atoms with Gasteiger partial charge in [0, 0.05) is 19.6 Å². The summed E-state index contributed by atoms with van der Waals surface area (Å²) in [6.45, 7) is 8.35. The number of benzene rings is 1. The van der Waals surface area contributed by atoms with Crippen LogP contribution in [0.25, 0.3) is 0 Å². The molecule has 0 unspecified atom stereocenters. The summed E-state index contributed by atoms with van der Waals surface area (Å²) in [5.41, 5.74) is 7.69. The number of nitrogens with zero attached hydrogens (tertiary/aromatic N) is 1. The molecule has 1 aliphatic rings. The molecular weight excluding hydrogens is 274 g/mol. The number of nitrogens with one attached hydrogen (secondary N) is 1. The van der Waals surface area contributed by atoms with Gasteiger partial charge in [-0.25, -0.2) is 13.1 Å². The standard InChI is InChI=1S/C14H23N3O2S/c1-4-16-20(18,19)11-5-6-12(15)13(9-11)17-8-7-14(2,3)10-17/h5-6,9,16H,4,7-8,10,15H2,1-3H3. The van der Waals surface area contributed by atoms with E-state index in [0.717, 1.165) is 25.2 Å². The highest BCUT2D eigenvalue weighted by Crippen LogP contribution is 2.36. The van der Waals surface area contributed by atoms with Crippen LogP contribution in [-0.4, -0.2) is 28.1 Å². The van der Waals surface area contributed by atoms with Gasteiger partial charge in [0.2, 0.25) is 10.0 Å². The van der Waals surface area contributed by atoms with Crippen LogP contribution in [0.2, 0.25) is 0 Å². The Morgan fingerprint density at radius 2 is 2.10 bits per heavy atom. The largest absolute Gasteiger partial charge is 0.397 e. The van der Waals surface area contributed by atoms with E-state index in [2.05, 4.69) is 23.5 Å². The van der Waals surface area contributed by atoms with Crippen molar-refractivity contribution < 1.29 is 8.42 Å². The van der Waals surface area contributed by atoms with Crippen LogP contribution in [0, 0.1) is 5.41 Å². The van der Waals surface area contributed by atoms with Crippen LogP contribution in [0.3, 0.4) is 0 Å². The third-order valence-corrected chi connectivity index (χ3v) is 5.21. The highest BCUT2D eigenvalue weighted by molar-refractivity contribution is 7.89. The smallest absolute Gasteiger partial charge is 0.240 e. The maximum Gasteiger partial charge on any atom is 0.240 e. The Morgan fingerprint density at radius 3 is 2.65 bits per heavy atom. The number of nitrogen functional groups attached to an aromatic ring is 1. The van der Waals surface area contributed by atoms with Crippen LogP contribution in [0.5, 0.6) is 0 Å². The van der Waals surface area contributed by atoms with E-state index in [1.54, 1.807) is 25.1 Å². The normalized spacial score (nSPS) is 18.4. The van der Waals surface area contributed by atoms with Gasteiger partial charge < -0.3 is 10.6 Å². The molecular formula is C14H23N3O2S. The first-order valence-electron chi connectivity index (χ1n) is 6.89. The molecule has 112 valence electrons. The van der Waals surface area contributed by atoms with Gasteiger partial charge in [-0.15, -0.1) is 0 Å². The zero-order valence-corrected chi connectivity index (χ0v) is 13.1. The van der Waals surface area contributed by atoms with E-state index in [4.69, 9.17) is 5.73 Å². The van der Waals surface area contributed by atoms with Crippen LogP contribution in [-0.2, 0) is 10.0 Å². The molecule has 0 aromatic heterocycles. The molecule has 0 saturated carbocycles. The molecule has 3 N–H and O–H groups in total. The van der Waals surface area contributed by atoms with Crippen LogP contribution < -0.4 is 15.4 Å². The fraction of sp³-hybridized carbons (Fsp3) is 0.571. The number of hydrogen-bond acceptors (Lipinski definition) is 4. The van der Waals surface area contributed by atoms with E-state index in [0.29, 0.717) is 12.2 Å². The third-order valence-electron chi connectivity index (χ3n) is 3.66. The summed E-state index contributed by atoms with van der Waals surface area (Å²) in [7, 11) is -3.44. The summed E-state index contributed by atoms with van der Waals surface area (Å²) >= 11 is 0. The first-order valence-corrected chi connectivity index (χ1v) is 8.38. The molecule has 2 rings (SSSR count). The number of sulfonamides is 1. The first-order chi connectivity index (χ1) is 9.25. The number of anilines is 2. The molecule has 0 bridgehead atoms. The topological polar surface area (TPSA) is 75.4 Å². The molecule has 1 aromatic rings. The Morgan fingerprint density at radius 1 is 1.40 bits per heavy atom. The molecule has 1 saturated heterocycles. The minimum Gasteiger partial charge on any atom is -0.397 e. The second kappa shape index (κ2) is 5.26. The Labute approximate surface area is 121 Å². The van der Waals surface area contributed by atoms with Crippen molar-refractivity contribution in [3.8, 4) is 0 Å². The third kappa shape index (κ3) is 3.07. The predicted octanol–water partition coefficient (Wildman–Crippen LogP) is 1.80. The van der Waals surface area contributed by atoms with Gasteiger partial charge >= 0.3 is 0 Å². The second-order valence-corrected chi connectivity index (χ2v) is 7.82. The SMILES string of the molecule is CCNS(=O)(=O)c1ccc(N)c(N2CCC(C)(C)C2)c1. The van der Waals surface area contributed by atoms with Gasteiger partial charge in [0.15, 0.2) is 0 Å². The fourth-order valence-corrected chi connectivity index (χ4v) is 3.62. The van der Waals surface area contributed by atoms with Crippen molar-refractivity contribution in [1.82, 2.24) is 4.72 Å². The van der Waals surface area contributed by atoms with Crippen LogP contribution in [0.15, 0.2) is 23.1 Å². The zero-order valence-electron chi connectivity index (χ0n) is 12.3. The second-order valence-electron chi connectivity index (χ2n) is 6.06. The molecule has 1 heterocycles. The predicted molar refractivity (Wildman–Crippen MR) is 82.3 cm³/mol. The molecule has 0 radical (unpaired) electrons. The Balaban J connectivity index is 2.36. The van der Waals surface area contributed by atoms with Gasteiger partial charge in [0.25, 0.3) is 0 Å². The maximum absolute atomic E-state index is 12.1. The molecule has 0 aliphatic carbocycles. The lowest BCUT2D eigenvalue weighted by Gasteiger charge is -2.23. The van der Waals surface area contributed by atoms with Gasteiger partial charge in [-0.2, -0.15) is 0 Å². The average Bonchev–Trinajstić information content (AvgIpc) is 2.69. The molecule has 0 amide bonds. The lowest BCUT2D eigenvalue weighted by Crippen LogP contribution is -2.26. The highest BCUT2D eigenvalue weighted by atomic mass is 32.2. The molecule has 0 atom stereocenters. The van der Waals surface area contributed by atoms with E-state index in [9.17, 15) is 8.42 Å². The van der Waals surface area contributed by atoms with Crippen LogP contribution in [0.4, 0.5) is 11.4 Å². The molecule has 6 heteroatoms. The van der Waals surface area contributed by atoms with Crippen molar-refractivity contribution in [2.24, 2.45) is 5.41 Å². The van der Waals surface area contributed by atoms with Crippen LogP contribution >= 0.6 is 0 Å². The van der Waals surface area contributed by atoms with Crippen molar-refractivity contribution in [1.29, 1.82) is 0 Å². The number of rotatable bonds is 4. The van der Waals surface area contributed by atoms with Gasteiger partial charge in [-0.3, -0.25) is 0 Å². The monoisotopic (exact) mass is 297 g/mol. The summed E-state index contributed by atoms with van der Waals surface area (Å²) in [5.74, 6) is 0. The Hall–Kier alpha value is -1.27. The quantitative estimate of drug-likeness (QED) is 0.831. The Kier molecular flexibility index (Phi) is 3.97. The van der Waals surface area contributed by atoms with Gasteiger partial charge in [0.05, 0.1) is 16.3 Å². The first kappa shape index (κ1) is 15.1. The van der Waals surface area contributed by atoms with Crippen LogP contribution in [0.1, 0.15) is 27.2 Å². The van der Waals surface area contributed by atoms with E-state index in [-0.39, 0.29) is 10.3 Å². The number of hydrogen-bond donors (Lipinski definition) is 2. The summed E-state index contributed by atoms with van der Waals surface area (Å²) in [5, 5.41) is 0. The van der Waals surface area contributed by atoms with Gasteiger partial charge in [-0.1, -0.05) is 20.8 Å². The molecule has 0 spiro atoms. The molecule has 20 heavy (non-hydrogen) atoms. The van der Waals surface area contributed by atoms with Crippen molar-refractivity contribution >= 4 is 21.4 Å². The summed E-state index contributed by atoms with van der Waals surface area (Å²) < 4.78 is 26.6. The molecule has 5 nitrogen and oxygen atoms in total. The van der Waals surface area contributed by atoms with Crippen molar-refractivity contribution in [3.05, 3.63) is 18.2 Å². The summed E-state index contributed by atoms with van der Waals surface area (Å²) in [6, 6.07) is 4.90. The van der Waals surface area contributed by atoms with Crippen molar-refractivity contribution in [3.63, 3.8) is 0 Å². The summed E-state index contributed by atoms with van der Waals surface area (Å²) in [6.07, 6.45) is 1.08. The zero-order chi connectivity index (χ0) is 15.0. The summed E-state index contributed by atoms with van der Waals surface area (Å²) in [4.78, 5) is 2.44. The lowest BCUT2D eigenvalue weighted by atomic mass is 9.93. The molecule has 1 aromatic carbocycles. The van der Waals surface area contributed by atoms with Gasteiger partial charge in [0.1, 0.15) is 0 Å². The lowest BCUT2D eigenvalue weighted by molar-refractivity contribution is 0.418. The maximum atomic E-state index is 12.1. The van der Waals surface area contributed by atoms with E-state index < -0.39 is 10.0 Å². The number of nitrogens with two attached hydrogens (primary N) is 1. The Bertz CT molecular complexity index is 596. The van der Waals surface area contributed by atoms with E-state index in [1.807, 2.05) is 0 Å². The highest BCUT2D eigenvalue weighted by Gasteiger charge is 2.30. The average molecular weight is 297 g/mol. The molecule has 1 aliphatic heterocycles. The van der Waals surface area contributed by atoms with Crippen molar-refractivity contribution in [2.45, 2.75) is 32.1 Å². The van der Waals surface area contributed by atoms with E-state index >= 15 is 0 Å². The van der Waals surface area contributed by atoms with E-state index in [1.165, 1.54) is 0 Å². The molecule has 1 fully saturated rings. The minimum atomic E-state index is -3.44.